The summed E-state index contributed by atoms with van der Waals surface area (Å²) in [4.78, 5) is 0.277. The number of aliphatic hydroxyl groups is 1. The zero-order chi connectivity index (χ0) is 14.6. The fourth-order valence-electron chi connectivity index (χ4n) is 1.79. The van der Waals surface area contributed by atoms with E-state index in [0.717, 1.165) is 9.87 Å². The highest BCUT2D eigenvalue weighted by Crippen LogP contribution is 2.20. The van der Waals surface area contributed by atoms with Crippen LogP contribution in [-0.4, -0.2) is 51.2 Å². The summed E-state index contributed by atoms with van der Waals surface area (Å²) in [6.45, 7) is 3.71. The molecular weight excluding hydrogens is 266 g/mol. The van der Waals surface area contributed by atoms with Crippen molar-refractivity contribution in [1.82, 2.24) is 4.31 Å². The Balaban J connectivity index is 3.00. The fourth-order valence-corrected chi connectivity index (χ4v) is 3.31. The van der Waals surface area contributed by atoms with Crippen molar-refractivity contribution in [2.75, 3.05) is 27.3 Å². The van der Waals surface area contributed by atoms with Gasteiger partial charge in [0.1, 0.15) is 0 Å². The van der Waals surface area contributed by atoms with Crippen LogP contribution in [0.4, 0.5) is 0 Å². The summed E-state index contributed by atoms with van der Waals surface area (Å²) in [5, 5.41) is 9.62. The first-order valence-electron chi connectivity index (χ1n) is 5.99. The third-order valence-electron chi connectivity index (χ3n) is 2.86. The van der Waals surface area contributed by atoms with Crippen LogP contribution in [0.15, 0.2) is 23.1 Å². The second-order valence-corrected chi connectivity index (χ2v) is 6.68. The zero-order valence-electron chi connectivity index (χ0n) is 11.8. The van der Waals surface area contributed by atoms with Crippen LogP contribution >= 0.6 is 0 Å². The highest BCUT2D eigenvalue weighted by atomic mass is 32.2. The molecule has 6 heteroatoms. The second-order valence-electron chi connectivity index (χ2n) is 4.66. The lowest BCUT2D eigenvalue weighted by atomic mass is 10.2. The number of aryl methyl sites for hydroxylation is 2. The third-order valence-corrected chi connectivity index (χ3v) is 4.82. The van der Waals surface area contributed by atoms with Crippen molar-refractivity contribution in [3.05, 3.63) is 29.3 Å². The predicted octanol–water partition coefficient (Wildman–Crippen LogP) is 0.931. The monoisotopic (exact) mass is 287 g/mol. The topological polar surface area (TPSA) is 66.8 Å². The van der Waals surface area contributed by atoms with Gasteiger partial charge >= 0.3 is 0 Å². The average molecular weight is 287 g/mol. The van der Waals surface area contributed by atoms with Crippen LogP contribution in [0.2, 0.25) is 0 Å². The number of aliphatic hydroxyl groups excluding tert-OH is 1. The van der Waals surface area contributed by atoms with E-state index in [4.69, 9.17) is 4.74 Å². The zero-order valence-corrected chi connectivity index (χ0v) is 12.6. The lowest BCUT2D eigenvalue weighted by Crippen LogP contribution is -2.36. The maximum Gasteiger partial charge on any atom is 0.243 e. The number of likely N-dealkylation sites (N-methyl/N-ethyl adjacent to an activating group) is 1. The minimum Gasteiger partial charge on any atom is -0.389 e. The maximum absolute atomic E-state index is 12.4. The minimum absolute atomic E-state index is 0.00353. The predicted molar refractivity (Wildman–Crippen MR) is 73.6 cm³/mol. The van der Waals surface area contributed by atoms with E-state index in [1.165, 1.54) is 14.2 Å². The molecule has 0 aromatic heterocycles. The van der Waals surface area contributed by atoms with E-state index < -0.39 is 16.1 Å². The molecule has 0 spiro atoms. The molecule has 0 aliphatic rings. The van der Waals surface area contributed by atoms with Crippen LogP contribution in [0, 0.1) is 13.8 Å². The third kappa shape index (κ3) is 4.01. The van der Waals surface area contributed by atoms with E-state index in [2.05, 4.69) is 0 Å². The van der Waals surface area contributed by atoms with Crippen LogP contribution in [0.5, 0.6) is 0 Å². The number of sulfonamides is 1. The molecule has 0 radical (unpaired) electrons. The Labute approximate surface area is 114 Å². The largest absolute Gasteiger partial charge is 0.389 e. The quantitative estimate of drug-likeness (QED) is 0.845. The van der Waals surface area contributed by atoms with Gasteiger partial charge in [-0.15, -0.1) is 0 Å². The number of benzene rings is 1. The molecule has 1 aromatic rings. The van der Waals surface area contributed by atoms with Crippen molar-refractivity contribution >= 4 is 10.0 Å². The molecule has 1 aromatic carbocycles. The molecule has 0 saturated carbocycles. The molecule has 0 bridgehead atoms. The van der Waals surface area contributed by atoms with E-state index in [9.17, 15) is 13.5 Å². The fraction of sp³-hybridized carbons (Fsp3) is 0.538. The van der Waals surface area contributed by atoms with Gasteiger partial charge < -0.3 is 9.84 Å². The molecule has 0 saturated heterocycles. The molecular formula is C13H21NO4S. The van der Waals surface area contributed by atoms with E-state index in [1.807, 2.05) is 13.0 Å². The second kappa shape index (κ2) is 6.47. The molecule has 0 aliphatic carbocycles. The Morgan fingerprint density at radius 2 is 2.00 bits per heavy atom. The number of methoxy groups -OCH3 is 1. The lowest BCUT2D eigenvalue weighted by molar-refractivity contribution is 0.0554. The van der Waals surface area contributed by atoms with Gasteiger partial charge in [-0.1, -0.05) is 12.1 Å². The van der Waals surface area contributed by atoms with Gasteiger partial charge in [-0.2, -0.15) is 4.31 Å². The van der Waals surface area contributed by atoms with Gasteiger partial charge in [-0.3, -0.25) is 0 Å². The Morgan fingerprint density at radius 1 is 1.37 bits per heavy atom. The van der Waals surface area contributed by atoms with E-state index in [1.54, 1.807) is 19.1 Å². The van der Waals surface area contributed by atoms with Gasteiger partial charge in [-0.05, 0) is 31.0 Å². The first kappa shape index (κ1) is 16.1. The molecule has 1 rings (SSSR count). The highest BCUT2D eigenvalue weighted by molar-refractivity contribution is 7.89. The van der Waals surface area contributed by atoms with Crippen molar-refractivity contribution in [3.8, 4) is 0 Å². The lowest BCUT2D eigenvalue weighted by Gasteiger charge is -2.21. The molecule has 1 atom stereocenters. The summed E-state index contributed by atoms with van der Waals surface area (Å²) in [7, 11) is -0.673. The molecule has 1 unspecified atom stereocenters. The average Bonchev–Trinajstić information content (AvgIpc) is 2.32. The molecule has 5 nitrogen and oxygen atoms in total. The van der Waals surface area contributed by atoms with E-state index >= 15 is 0 Å². The van der Waals surface area contributed by atoms with Gasteiger partial charge in [0, 0.05) is 20.7 Å². The first-order chi connectivity index (χ1) is 8.78. The Bertz CT molecular complexity index is 527. The van der Waals surface area contributed by atoms with Crippen LogP contribution in [0.3, 0.4) is 0 Å². The van der Waals surface area contributed by atoms with Crippen LogP contribution in [0.25, 0.3) is 0 Å². The van der Waals surface area contributed by atoms with Crippen molar-refractivity contribution in [2.24, 2.45) is 0 Å². The summed E-state index contributed by atoms with van der Waals surface area (Å²) >= 11 is 0. The molecule has 108 valence electrons. The van der Waals surface area contributed by atoms with Gasteiger partial charge in [-0.25, -0.2) is 8.42 Å². The molecule has 0 amide bonds. The number of rotatable bonds is 6. The number of ether oxygens (including phenoxy) is 1. The smallest absolute Gasteiger partial charge is 0.243 e. The van der Waals surface area contributed by atoms with Gasteiger partial charge in [0.05, 0.1) is 17.6 Å². The molecule has 0 aliphatic heterocycles. The molecule has 19 heavy (non-hydrogen) atoms. The highest BCUT2D eigenvalue weighted by Gasteiger charge is 2.24. The van der Waals surface area contributed by atoms with Gasteiger partial charge in [0.15, 0.2) is 0 Å². The summed E-state index contributed by atoms with van der Waals surface area (Å²) in [6, 6.07) is 5.29. The summed E-state index contributed by atoms with van der Waals surface area (Å²) in [6.07, 6.45) is -0.838. The first-order valence-corrected chi connectivity index (χ1v) is 7.43. The SMILES string of the molecule is COCC(O)CN(C)S(=O)(=O)c1cc(C)ccc1C. The van der Waals surface area contributed by atoms with Crippen LogP contribution in [0.1, 0.15) is 11.1 Å². The van der Waals surface area contributed by atoms with E-state index in [-0.39, 0.29) is 18.0 Å². The standard InChI is InChI=1S/C13H21NO4S/c1-10-5-6-11(2)13(7-10)19(16,17)14(3)8-12(15)9-18-4/h5-7,12,15H,8-9H2,1-4H3. The number of hydrogen-bond donors (Lipinski definition) is 1. The summed E-state index contributed by atoms with van der Waals surface area (Å²) in [5.41, 5.74) is 1.58. The van der Waals surface area contributed by atoms with E-state index in [0.29, 0.717) is 5.56 Å². The summed E-state index contributed by atoms with van der Waals surface area (Å²) in [5.74, 6) is 0. The van der Waals surface area contributed by atoms with Gasteiger partial charge in [0.2, 0.25) is 10.0 Å². The van der Waals surface area contributed by atoms with Crippen molar-refractivity contribution in [2.45, 2.75) is 24.8 Å². The van der Waals surface area contributed by atoms with Crippen LogP contribution < -0.4 is 0 Å². The Hall–Kier alpha value is -0.950. The van der Waals surface area contributed by atoms with Crippen molar-refractivity contribution in [1.29, 1.82) is 0 Å². The van der Waals surface area contributed by atoms with Gasteiger partial charge in [0.25, 0.3) is 0 Å². The maximum atomic E-state index is 12.4. The summed E-state index contributed by atoms with van der Waals surface area (Å²) < 4.78 is 30.8. The molecule has 0 fully saturated rings. The molecule has 1 N–H and O–H groups in total. The molecule has 0 heterocycles. The number of hydrogen-bond acceptors (Lipinski definition) is 4. The normalized spacial score (nSPS) is 13.8. The van der Waals surface area contributed by atoms with Crippen molar-refractivity contribution < 1.29 is 18.3 Å². The van der Waals surface area contributed by atoms with Crippen LogP contribution in [-0.2, 0) is 14.8 Å². The minimum atomic E-state index is -3.59. The Morgan fingerprint density at radius 3 is 2.58 bits per heavy atom. The Kier molecular flexibility index (Phi) is 5.49. The number of nitrogens with zero attached hydrogens (tertiary/aromatic N) is 1. The van der Waals surface area contributed by atoms with Crippen molar-refractivity contribution in [3.63, 3.8) is 0 Å².